The van der Waals surface area contributed by atoms with E-state index in [1.54, 1.807) is 0 Å². The molecule has 3 nitrogen and oxygen atoms in total. The standard InChI is InChI=1S/C33H31F7N2O/c1-21-20-42(15-13-31(21)12-10-24-4-2-3-5-29(24)31)14-11-28(23-6-8-27(34)9-7-23)30(43)41-19-22-16-25(32(35,36)37)18-26(17-22)33(38,39)40/h2-10,12,16-18,21,28H,11,13-15,19-20H2,1H3,(H,41,43)/t21-,28?,31?/m0/s1. The molecule has 3 atom stereocenters. The minimum atomic E-state index is -4.99. The van der Waals surface area contributed by atoms with Crippen molar-refractivity contribution >= 4 is 12.0 Å². The number of alkyl halides is 6. The summed E-state index contributed by atoms with van der Waals surface area (Å²) in [7, 11) is 0. The predicted octanol–water partition coefficient (Wildman–Crippen LogP) is 7.96. The minimum Gasteiger partial charge on any atom is -0.351 e. The number of likely N-dealkylation sites (tertiary alicyclic amines) is 1. The molecule has 0 aromatic heterocycles. The summed E-state index contributed by atoms with van der Waals surface area (Å²) in [6.07, 6.45) is -4.30. The Kier molecular flexibility index (Phi) is 8.44. The van der Waals surface area contributed by atoms with Gasteiger partial charge in [0.15, 0.2) is 0 Å². The highest BCUT2D eigenvalue weighted by molar-refractivity contribution is 5.83. The normalized spacial score (nSPS) is 21.2. The molecule has 2 unspecified atom stereocenters. The van der Waals surface area contributed by atoms with E-state index in [1.165, 1.54) is 35.4 Å². The number of piperidine rings is 1. The SMILES string of the molecule is C[C@H]1CN(CCC(C(=O)NCc2cc(C(F)(F)F)cc(C(F)(F)F)c2)c2ccc(F)cc2)CCC12C=Cc1ccccc12. The first-order chi connectivity index (χ1) is 20.3. The molecule has 43 heavy (non-hydrogen) atoms. The molecule has 2 aliphatic rings. The van der Waals surface area contributed by atoms with Crippen LogP contribution in [0.25, 0.3) is 6.08 Å². The number of amides is 1. The predicted molar refractivity (Wildman–Crippen MR) is 149 cm³/mol. The zero-order chi connectivity index (χ0) is 31.0. The van der Waals surface area contributed by atoms with Gasteiger partial charge in [-0.05, 0) is 84.4 Å². The average molecular weight is 605 g/mol. The highest BCUT2D eigenvalue weighted by Crippen LogP contribution is 2.47. The molecule has 1 N–H and O–H groups in total. The average Bonchev–Trinajstić information content (AvgIpc) is 3.33. The van der Waals surface area contributed by atoms with Crippen LogP contribution in [0.15, 0.2) is 72.8 Å². The van der Waals surface area contributed by atoms with Crippen LogP contribution in [-0.4, -0.2) is 30.4 Å². The van der Waals surface area contributed by atoms with E-state index in [0.717, 1.165) is 19.5 Å². The first-order valence-electron chi connectivity index (χ1n) is 14.1. The number of benzene rings is 3. The van der Waals surface area contributed by atoms with Gasteiger partial charge in [0.05, 0.1) is 17.0 Å². The number of nitrogens with zero attached hydrogens (tertiary/aromatic N) is 1. The maximum Gasteiger partial charge on any atom is 0.416 e. The van der Waals surface area contributed by atoms with Gasteiger partial charge in [0.1, 0.15) is 5.82 Å². The van der Waals surface area contributed by atoms with Crippen molar-refractivity contribution in [3.05, 3.63) is 112 Å². The van der Waals surface area contributed by atoms with Gasteiger partial charge in [0, 0.05) is 18.5 Å². The summed E-state index contributed by atoms with van der Waals surface area (Å²) in [5.74, 6) is -1.55. The van der Waals surface area contributed by atoms with E-state index in [9.17, 15) is 35.5 Å². The molecule has 228 valence electrons. The Morgan fingerprint density at radius 2 is 1.63 bits per heavy atom. The Morgan fingerprint density at radius 3 is 2.26 bits per heavy atom. The summed E-state index contributed by atoms with van der Waals surface area (Å²) >= 11 is 0. The second-order valence-electron chi connectivity index (χ2n) is 11.4. The quantitative estimate of drug-likeness (QED) is 0.278. The molecule has 0 radical (unpaired) electrons. The first kappa shape index (κ1) is 30.8. The molecule has 1 spiro atoms. The van der Waals surface area contributed by atoms with E-state index in [4.69, 9.17) is 0 Å². The van der Waals surface area contributed by atoms with Crippen molar-refractivity contribution < 1.29 is 35.5 Å². The van der Waals surface area contributed by atoms with Crippen LogP contribution < -0.4 is 5.32 Å². The third-order valence-corrected chi connectivity index (χ3v) is 8.71. The van der Waals surface area contributed by atoms with Crippen LogP contribution in [0.1, 0.15) is 59.1 Å². The van der Waals surface area contributed by atoms with Gasteiger partial charge in [-0.25, -0.2) is 4.39 Å². The van der Waals surface area contributed by atoms with Gasteiger partial charge < -0.3 is 10.2 Å². The van der Waals surface area contributed by atoms with Gasteiger partial charge in [-0.15, -0.1) is 0 Å². The number of nitrogens with one attached hydrogen (secondary N) is 1. The molecule has 3 aromatic carbocycles. The van der Waals surface area contributed by atoms with Gasteiger partial charge in [0.2, 0.25) is 5.91 Å². The lowest BCUT2D eigenvalue weighted by molar-refractivity contribution is -0.143. The topological polar surface area (TPSA) is 32.3 Å². The fourth-order valence-electron chi connectivity index (χ4n) is 6.37. The zero-order valence-electron chi connectivity index (χ0n) is 23.4. The summed E-state index contributed by atoms with van der Waals surface area (Å²) in [5.41, 5.74) is -0.229. The molecule has 5 rings (SSSR count). The second kappa shape index (κ2) is 11.8. The fraction of sp³-hybridized carbons (Fsp3) is 0.364. The van der Waals surface area contributed by atoms with Crippen LogP contribution in [-0.2, 0) is 29.1 Å². The molecule has 1 fully saturated rings. The highest BCUT2D eigenvalue weighted by Gasteiger charge is 2.43. The molecular formula is C33H31F7N2O. The monoisotopic (exact) mass is 604 g/mol. The Labute approximate surface area is 245 Å². The Bertz CT molecular complexity index is 1460. The smallest absolute Gasteiger partial charge is 0.351 e. The molecule has 0 saturated carbocycles. The highest BCUT2D eigenvalue weighted by atomic mass is 19.4. The summed E-state index contributed by atoms with van der Waals surface area (Å²) < 4.78 is 93.5. The molecule has 1 aliphatic heterocycles. The van der Waals surface area contributed by atoms with Crippen LogP contribution in [0.3, 0.4) is 0 Å². The maximum absolute atomic E-state index is 13.7. The largest absolute Gasteiger partial charge is 0.416 e. The van der Waals surface area contributed by atoms with Crippen LogP contribution >= 0.6 is 0 Å². The second-order valence-corrected chi connectivity index (χ2v) is 11.4. The third kappa shape index (κ3) is 6.64. The summed E-state index contributed by atoms with van der Waals surface area (Å²) in [5, 5.41) is 2.52. The molecular weight excluding hydrogens is 573 g/mol. The minimum absolute atomic E-state index is 0.0519. The van der Waals surface area contributed by atoms with Crippen molar-refractivity contribution in [3.8, 4) is 0 Å². The van der Waals surface area contributed by atoms with Gasteiger partial charge >= 0.3 is 12.4 Å². The summed E-state index contributed by atoms with van der Waals surface area (Å²) in [6.45, 7) is 3.76. The number of carbonyl (C=O) groups excluding carboxylic acids is 1. The molecule has 1 aliphatic carbocycles. The van der Waals surface area contributed by atoms with E-state index in [2.05, 4.69) is 41.4 Å². The zero-order valence-corrected chi connectivity index (χ0v) is 23.4. The van der Waals surface area contributed by atoms with Gasteiger partial charge in [-0.1, -0.05) is 55.5 Å². The Balaban J connectivity index is 1.29. The maximum atomic E-state index is 13.7. The van der Waals surface area contributed by atoms with Gasteiger partial charge in [0.25, 0.3) is 0 Å². The number of hydrogen-bond donors (Lipinski definition) is 1. The van der Waals surface area contributed by atoms with Crippen molar-refractivity contribution in [1.29, 1.82) is 0 Å². The van der Waals surface area contributed by atoms with E-state index in [1.807, 2.05) is 12.1 Å². The number of rotatable bonds is 7. The molecule has 10 heteroatoms. The number of carbonyl (C=O) groups is 1. The third-order valence-electron chi connectivity index (χ3n) is 8.71. The van der Waals surface area contributed by atoms with Crippen LogP contribution in [0.2, 0.25) is 0 Å². The number of fused-ring (bicyclic) bond motifs is 2. The van der Waals surface area contributed by atoms with Crippen molar-refractivity contribution in [1.82, 2.24) is 10.2 Å². The van der Waals surface area contributed by atoms with Crippen LogP contribution in [0, 0.1) is 11.7 Å². The summed E-state index contributed by atoms with van der Waals surface area (Å²) in [6, 6.07) is 15.0. The molecule has 1 saturated heterocycles. The lowest BCUT2D eigenvalue weighted by Crippen LogP contribution is -2.48. The van der Waals surface area contributed by atoms with Crippen molar-refractivity contribution in [2.24, 2.45) is 5.92 Å². The van der Waals surface area contributed by atoms with Gasteiger partial charge in [-0.2, -0.15) is 26.3 Å². The Hall–Kier alpha value is -3.66. The summed E-state index contributed by atoms with van der Waals surface area (Å²) in [4.78, 5) is 15.6. The Morgan fingerprint density at radius 1 is 0.977 bits per heavy atom. The fourth-order valence-corrected chi connectivity index (χ4v) is 6.37. The lowest BCUT2D eigenvalue weighted by atomic mass is 9.68. The van der Waals surface area contributed by atoms with E-state index >= 15 is 0 Å². The lowest BCUT2D eigenvalue weighted by Gasteiger charge is -2.44. The first-order valence-corrected chi connectivity index (χ1v) is 14.1. The number of hydrogen-bond acceptors (Lipinski definition) is 2. The molecule has 1 heterocycles. The van der Waals surface area contributed by atoms with Crippen LogP contribution in [0.5, 0.6) is 0 Å². The number of allylic oxidation sites excluding steroid dienone is 1. The molecule has 1 amide bonds. The van der Waals surface area contributed by atoms with Crippen molar-refractivity contribution in [3.63, 3.8) is 0 Å². The van der Waals surface area contributed by atoms with E-state index in [-0.39, 0.29) is 17.0 Å². The molecule has 0 bridgehead atoms. The van der Waals surface area contributed by atoms with Crippen molar-refractivity contribution in [2.45, 2.75) is 50.0 Å². The van der Waals surface area contributed by atoms with Gasteiger partial charge in [-0.3, -0.25) is 4.79 Å². The number of halogens is 7. The van der Waals surface area contributed by atoms with Crippen LogP contribution in [0.4, 0.5) is 30.7 Å². The molecule has 3 aromatic rings. The van der Waals surface area contributed by atoms with Crippen molar-refractivity contribution in [2.75, 3.05) is 19.6 Å². The van der Waals surface area contributed by atoms with E-state index < -0.39 is 47.7 Å². The van der Waals surface area contributed by atoms with E-state index in [0.29, 0.717) is 36.6 Å².